The van der Waals surface area contributed by atoms with E-state index < -0.39 is 22.7 Å². The van der Waals surface area contributed by atoms with Crippen molar-refractivity contribution in [2.75, 3.05) is 25.6 Å². The number of amidine groups is 1. The molecule has 37 heavy (non-hydrogen) atoms. The maximum absolute atomic E-state index is 15.4. The zero-order valence-corrected chi connectivity index (χ0v) is 22.8. The number of fused-ring (bicyclic) bond motifs is 1. The number of carbonyl (C=O) groups excluding carboxylic acids is 2. The van der Waals surface area contributed by atoms with Crippen LogP contribution >= 0.6 is 0 Å². The fourth-order valence-electron chi connectivity index (χ4n) is 4.35. The Kier molecular flexibility index (Phi) is 7.58. The summed E-state index contributed by atoms with van der Waals surface area (Å²) in [5, 5.41) is 22.0. The molecule has 0 aliphatic carbocycles. The normalized spacial score (nSPS) is 13.4. The molecular weight excluding hydrogens is 477 g/mol. The van der Waals surface area contributed by atoms with E-state index in [-0.39, 0.29) is 59.6 Å². The van der Waals surface area contributed by atoms with E-state index in [1.54, 1.807) is 19.1 Å². The summed E-state index contributed by atoms with van der Waals surface area (Å²) in [6, 6.07) is 4.86. The fourth-order valence-corrected chi connectivity index (χ4v) is 4.35. The molecule has 0 saturated heterocycles. The van der Waals surface area contributed by atoms with Crippen molar-refractivity contribution in [3.8, 4) is 11.5 Å². The second kappa shape index (κ2) is 10.0. The van der Waals surface area contributed by atoms with Crippen LogP contribution in [0.15, 0.2) is 18.2 Å². The third-order valence-electron chi connectivity index (χ3n) is 6.34. The largest absolute Gasteiger partial charge is 0.507 e. The van der Waals surface area contributed by atoms with Gasteiger partial charge in [0.1, 0.15) is 11.6 Å². The predicted octanol–water partition coefficient (Wildman–Crippen LogP) is 5.73. The number of amides is 1. The number of benzene rings is 2. The van der Waals surface area contributed by atoms with Gasteiger partial charge >= 0.3 is 6.09 Å². The molecule has 0 radical (unpaired) electrons. The van der Waals surface area contributed by atoms with Crippen LogP contribution in [0.2, 0.25) is 0 Å². The van der Waals surface area contributed by atoms with Crippen LogP contribution in [-0.2, 0) is 22.1 Å². The number of carbonyl (C=O) groups is 2. The molecule has 2 aromatic rings. The highest BCUT2D eigenvalue weighted by atomic mass is 19.1. The number of nitrogens with zero attached hydrogens (tertiary/aromatic N) is 1. The standard InChI is InChI=1S/C28H36FN3O5/c1-9-37-24-20(31-26(35)36-8)12-16-17(22(24)29)13-32(25(16)30)14-21(33)15-10-18(27(2,3)4)23(34)19(11-15)28(5,6)7/h10-12,30,34H,9,13-14H2,1-8H3,(H,31,35). The van der Waals surface area contributed by atoms with Crippen molar-refractivity contribution in [2.24, 2.45) is 0 Å². The van der Waals surface area contributed by atoms with Gasteiger partial charge in [-0.2, -0.15) is 0 Å². The number of phenols is 1. The van der Waals surface area contributed by atoms with E-state index >= 15 is 4.39 Å². The topological polar surface area (TPSA) is 112 Å². The molecule has 0 bridgehead atoms. The summed E-state index contributed by atoms with van der Waals surface area (Å²) in [6.45, 7) is 13.5. The number of ketones is 1. The molecule has 0 spiro atoms. The summed E-state index contributed by atoms with van der Waals surface area (Å²) in [5.74, 6) is -0.957. The van der Waals surface area contributed by atoms with E-state index in [2.05, 4.69) is 10.1 Å². The Balaban J connectivity index is 1.98. The molecule has 1 amide bonds. The molecule has 1 aliphatic rings. The van der Waals surface area contributed by atoms with Gasteiger partial charge in [0, 0.05) is 34.4 Å². The predicted molar refractivity (Wildman–Crippen MR) is 141 cm³/mol. The second-order valence-corrected chi connectivity index (χ2v) is 11.2. The van der Waals surface area contributed by atoms with E-state index in [0.717, 1.165) is 0 Å². The van der Waals surface area contributed by atoms with Gasteiger partial charge in [0.15, 0.2) is 17.3 Å². The molecular formula is C28H36FN3O5. The van der Waals surface area contributed by atoms with Crippen molar-refractivity contribution in [1.29, 1.82) is 5.41 Å². The number of aromatic hydroxyl groups is 1. The van der Waals surface area contributed by atoms with Crippen LogP contribution in [0.4, 0.5) is 14.9 Å². The van der Waals surface area contributed by atoms with Gasteiger partial charge in [-0.25, -0.2) is 9.18 Å². The molecule has 8 nitrogen and oxygen atoms in total. The highest BCUT2D eigenvalue weighted by Crippen LogP contribution is 2.41. The number of phenolic OH excluding ortho intramolecular Hbond substituents is 1. The molecule has 1 heterocycles. The van der Waals surface area contributed by atoms with Gasteiger partial charge in [0.05, 0.1) is 25.9 Å². The van der Waals surface area contributed by atoms with Crippen molar-refractivity contribution in [2.45, 2.75) is 65.8 Å². The van der Waals surface area contributed by atoms with Crippen LogP contribution in [0.1, 0.15) is 81.1 Å². The smallest absolute Gasteiger partial charge is 0.411 e. The molecule has 0 aromatic heterocycles. The lowest BCUT2D eigenvalue weighted by atomic mass is 9.78. The molecule has 0 atom stereocenters. The van der Waals surface area contributed by atoms with Crippen molar-refractivity contribution in [3.63, 3.8) is 0 Å². The Morgan fingerprint density at radius 3 is 2.16 bits per heavy atom. The molecule has 0 fully saturated rings. The Morgan fingerprint density at radius 2 is 1.68 bits per heavy atom. The number of ether oxygens (including phenoxy) is 2. The minimum absolute atomic E-state index is 0.000653. The van der Waals surface area contributed by atoms with E-state index in [4.69, 9.17) is 10.1 Å². The van der Waals surface area contributed by atoms with Gasteiger partial charge in [-0.1, -0.05) is 41.5 Å². The maximum atomic E-state index is 15.4. The van der Waals surface area contributed by atoms with Crippen molar-refractivity contribution in [1.82, 2.24) is 4.90 Å². The van der Waals surface area contributed by atoms with Gasteiger partial charge in [0.25, 0.3) is 0 Å². The molecule has 200 valence electrons. The average Bonchev–Trinajstić information content (AvgIpc) is 3.10. The van der Waals surface area contributed by atoms with Crippen LogP contribution in [0.3, 0.4) is 0 Å². The van der Waals surface area contributed by atoms with Crippen molar-refractivity contribution in [3.05, 3.63) is 51.8 Å². The number of hydrogen-bond donors (Lipinski definition) is 3. The van der Waals surface area contributed by atoms with Crippen molar-refractivity contribution >= 4 is 23.4 Å². The van der Waals surface area contributed by atoms with Crippen LogP contribution in [-0.4, -0.2) is 48.0 Å². The third-order valence-corrected chi connectivity index (χ3v) is 6.34. The molecule has 1 aliphatic heterocycles. The number of rotatable bonds is 6. The lowest BCUT2D eigenvalue weighted by Crippen LogP contribution is -2.30. The highest BCUT2D eigenvalue weighted by Gasteiger charge is 2.34. The number of anilines is 1. The Morgan fingerprint density at radius 1 is 1.11 bits per heavy atom. The molecule has 3 rings (SSSR count). The Labute approximate surface area is 217 Å². The van der Waals surface area contributed by atoms with Crippen LogP contribution in [0, 0.1) is 11.2 Å². The summed E-state index contributed by atoms with van der Waals surface area (Å²) >= 11 is 0. The van der Waals surface area contributed by atoms with Crippen molar-refractivity contribution < 1.29 is 28.6 Å². The lowest BCUT2D eigenvalue weighted by molar-refractivity contribution is 0.0962. The zero-order valence-electron chi connectivity index (χ0n) is 22.8. The first-order valence-electron chi connectivity index (χ1n) is 12.2. The zero-order chi connectivity index (χ0) is 27.9. The van der Waals surface area contributed by atoms with Gasteiger partial charge in [-0.3, -0.25) is 15.5 Å². The van der Waals surface area contributed by atoms with E-state index in [9.17, 15) is 14.7 Å². The van der Waals surface area contributed by atoms with Crippen LogP contribution < -0.4 is 10.1 Å². The Hall–Kier alpha value is -3.62. The first-order chi connectivity index (χ1) is 17.1. The molecule has 9 heteroatoms. The molecule has 0 saturated carbocycles. The summed E-state index contributed by atoms with van der Waals surface area (Å²) in [6.07, 6.45) is -0.798. The maximum Gasteiger partial charge on any atom is 0.411 e. The Bertz CT molecular complexity index is 1220. The van der Waals surface area contributed by atoms with Crippen LogP contribution in [0.25, 0.3) is 0 Å². The number of methoxy groups -OCH3 is 1. The van der Waals surface area contributed by atoms with Crippen LogP contribution in [0.5, 0.6) is 11.5 Å². The molecule has 3 N–H and O–H groups in total. The number of halogens is 1. The van der Waals surface area contributed by atoms with E-state index in [0.29, 0.717) is 16.7 Å². The van der Waals surface area contributed by atoms with Gasteiger partial charge in [-0.15, -0.1) is 0 Å². The summed E-state index contributed by atoms with van der Waals surface area (Å²) in [7, 11) is 1.19. The van der Waals surface area contributed by atoms with E-state index in [1.165, 1.54) is 18.1 Å². The van der Waals surface area contributed by atoms with Gasteiger partial charge in [0.2, 0.25) is 0 Å². The first-order valence-corrected chi connectivity index (χ1v) is 12.2. The SMILES string of the molecule is CCOc1c(NC(=O)OC)cc2c(c1F)CN(CC(=O)c1cc(C(C)(C)C)c(O)c(C(C)(C)C)c1)C2=N. The average molecular weight is 514 g/mol. The fraction of sp³-hybridized carbons (Fsp3) is 0.464. The number of hydrogen-bond acceptors (Lipinski definition) is 6. The summed E-state index contributed by atoms with van der Waals surface area (Å²) in [4.78, 5) is 26.7. The minimum atomic E-state index is -0.798. The highest BCUT2D eigenvalue weighted by molar-refractivity contribution is 6.06. The summed E-state index contributed by atoms with van der Waals surface area (Å²) in [5.41, 5.74) is 1.45. The number of Topliss-reactive ketones (excluding diaryl/α,β-unsaturated/α-hetero) is 1. The first kappa shape index (κ1) is 28.0. The molecule has 2 aromatic carbocycles. The third kappa shape index (κ3) is 5.55. The molecule has 0 unspecified atom stereocenters. The number of nitrogens with one attached hydrogen (secondary N) is 2. The quantitative estimate of drug-likeness (QED) is 0.426. The monoisotopic (exact) mass is 513 g/mol. The summed E-state index contributed by atoms with van der Waals surface area (Å²) < 4.78 is 25.5. The lowest BCUT2D eigenvalue weighted by Gasteiger charge is -2.28. The second-order valence-electron chi connectivity index (χ2n) is 11.2. The minimum Gasteiger partial charge on any atom is -0.507 e. The van der Waals surface area contributed by atoms with Gasteiger partial charge < -0.3 is 19.5 Å². The van der Waals surface area contributed by atoms with E-state index in [1.807, 2.05) is 41.5 Å². The van der Waals surface area contributed by atoms with Gasteiger partial charge in [-0.05, 0) is 36.0 Å².